The molecule has 0 aliphatic rings. The number of carbonyl (C=O) groups excluding carboxylic acids is 1. The number of rotatable bonds is 9. The molecule has 1 aromatic heterocycles. The van der Waals surface area contributed by atoms with E-state index in [0.29, 0.717) is 25.2 Å². The summed E-state index contributed by atoms with van der Waals surface area (Å²) in [6.45, 7) is 2.48. The van der Waals surface area contributed by atoms with Gasteiger partial charge < -0.3 is 16.0 Å². The molecule has 0 bridgehead atoms. The largest absolute Gasteiger partial charge is 0.383 e. The van der Waals surface area contributed by atoms with E-state index in [0.717, 1.165) is 17.5 Å². The minimum atomic E-state index is -0.395. The van der Waals surface area contributed by atoms with Crippen LogP contribution in [-0.2, 0) is 19.4 Å². The van der Waals surface area contributed by atoms with Crippen molar-refractivity contribution in [2.24, 2.45) is 0 Å². The molecule has 5 N–H and O–H groups in total. The third-order valence-corrected chi connectivity index (χ3v) is 5.42. The van der Waals surface area contributed by atoms with Crippen molar-refractivity contribution in [2.45, 2.75) is 32.7 Å². The number of hydrogen-bond donors (Lipinski definition) is 4. The Bertz CT molecular complexity index is 1100. The molecule has 7 nitrogen and oxygen atoms in total. The summed E-state index contributed by atoms with van der Waals surface area (Å²) in [6.07, 6.45) is 3.67. The van der Waals surface area contributed by atoms with Crippen LogP contribution in [0.3, 0.4) is 0 Å². The molecule has 0 aliphatic heterocycles. The summed E-state index contributed by atoms with van der Waals surface area (Å²) in [5, 5.41) is 20.0. The van der Waals surface area contributed by atoms with E-state index in [1.54, 1.807) is 17.0 Å². The molecule has 0 radical (unpaired) electrons. The number of nitrogen functional groups attached to an aromatic ring is 1. The van der Waals surface area contributed by atoms with E-state index in [2.05, 4.69) is 29.4 Å². The second-order valence-corrected chi connectivity index (χ2v) is 7.75. The molecule has 1 heterocycles. The van der Waals surface area contributed by atoms with Gasteiger partial charge in [0.2, 0.25) is 0 Å². The summed E-state index contributed by atoms with van der Waals surface area (Å²) < 4.78 is 0. The van der Waals surface area contributed by atoms with Crippen LogP contribution in [-0.4, -0.2) is 34.0 Å². The first-order valence-electron chi connectivity index (χ1n) is 11.0. The molecule has 7 heteroatoms. The Labute approximate surface area is 194 Å². The third-order valence-electron chi connectivity index (χ3n) is 5.42. The zero-order chi connectivity index (χ0) is 23.6. The van der Waals surface area contributed by atoms with Gasteiger partial charge in [-0.2, -0.15) is 0 Å². The normalized spacial score (nSPS) is 10.5. The maximum Gasteiger partial charge on any atom is 0.255 e. The maximum absolute atomic E-state index is 12.5. The summed E-state index contributed by atoms with van der Waals surface area (Å²) in [7, 11) is 0. The Morgan fingerprint density at radius 2 is 1.64 bits per heavy atom. The smallest absolute Gasteiger partial charge is 0.255 e. The third kappa shape index (κ3) is 6.74. The van der Waals surface area contributed by atoms with Gasteiger partial charge in [0.15, 0.2) is 0 Å². The molecule has 0 spiro atoms. The van der Waals surface area contributed by atoms with Crippen molar-refractivity contribution in [3.05, 3.63) is 95.2 Å². The van der Waals surface area contributed by atoms with Crippen LogP contribution in [0.2, 0.25) is 0 Å². The second kappa shape index (κ2) is 11.6. The SMILES string of the molecule is CCc1ccc(CN(C(=N)CCc2ccccc2)C(=N)CNC(=O)c2cccnc2N)cc1. The highest BCUT2D eigenvalue weighted by atomic mass is 16.1. The molecule has 0 fully saturated rings. The first-order chi connectivity index (χ1) is 16.0. The summed E-state index contributed by atoms with van der Waals surface area (Å²) in [5.74, 6) is 0.223. The van der Waals surface area contributed by atoms with Crippen molar-refractivity contribution in [2.75, 3.05) is 12.3 Å². The highest BCUT2D eigenvalue weighted by Crippen LogP contribution is 2.12. The molecule has 170 valence electrons. The van der Waals surface area contributed by atoms with E-state index in [1.165, 1.54) is 11.8 Å². The lowest BCUT2D eigenvalue weighted by Gasteiger charge is -2.26. The Morgan fingerprint density at radius 3 is 2.30 bits per heavy atom. The molecular weight excluding hydrogens is 412 g/mol. The van der Waals surface area contributed by atoms with Crippen molar-refractivity contribution in [3.63, 3.8) is 0 Å². The van der Waals surface area contributed by atoms with E-state index in [9.17, 15) is 4.79 Å². The average Bonchev–Trinajstić information content (AvgIpc) is 2.85. The number of nitrogens with one attached hydrogen (secondary N) is 3. The number of amides is 1. The number of anilines is 1. The zero-order valence-electron chi connectivity index (χ0n) is 18.8. The van der Waals surface area contributed by atoms with Crippen molar-refractivity contribution in [1.82, 2.24) is 15.2 Å². The Kier molecular flexibility index (Phi) is 8.30. The molecule has 3 rings (SSSR count). The van der Waals surface area contributed by atoms with Crippen LogP contribution in [0.15, 0.2) is 72.9 Å². The fourth-order valence-corrected chi connectivity index (χ4v) is 3.42. The minimum Gasteiger partial charge on any atom is -0.383 e. The van der Waals surface area contributed by atoms with Gasteiger partial charge >= 0.3 is 0 Å². The lowest BCUT2D eigenvalue weighted by Crippen LogP contribution is -2.42. The predicted octanol–water partition coefficient (Wildman–Crippen LogP) is 4.05. The predicted molar refractivity (Wildman–Crippen MR) is 133 cm³/mol. The zero-order valence-corrected chi connectivity index (χ0v) is 18.8. The van der Waals surface area contributed by atoms with Crippen LogP contribution < -0.4 is 11.1 Å². The number of nitrogens with zero attached hydrogens (tertiary/aromatic N) is 2. The van der Waals surface area contributed by atoms with Crippen molar-refractivity contribution in [1.29, 1.82) is 10.8 Å². The number of hydrogen-bond acceptors (Lipinski definition) is 5. The molecule has 0 unspecified atom stereocenters. The molecule has 0 saturated carbocycles. The van der Waals surface area contributed by atoms with Crippen molar-refractivity contribution < 1.29 is 4.79 Å². The van der Waals surface area contributed by atoms with E-state index in [4.69, 9.17) is 16.6 Å². The molecule has 0 aliphatic carbocycles. The van der Waals surface area contributed by atoms with Crippen LogP contribution in [0.5, 0.6) is 0 Å². The van der Waals surface area contributed by atoms with Crippen LogP contribution in [0.1, 0.15) is 40.4 Å². The summed E-state index contributed by atoms with van der Waals surface area (Å²) >= 11 is 0. The first-order valence-corrected chi connectivity index (χ1v) is 11.0. The van der Waals surface area contributed by atoms with Crippen LogP contribution >= 0.6 is 0 Å². The number of amidine groups is 2. The molecule has 0 saturated heterocycles. The Morgan fingerprint density at radius 1 is 0.939 bits per heavy atom. The minimum absolute atomic E-state index is 0.0199. The highest BCUT2D eigenvalue weighted by molar-refractivity contribution is 6.03. The Balaban J connectivity index is 1.70. The van der Waals surface area contributed by atoms with Gasteiger partial charge in [0.05, 0.1) is 18.7 Å². The first kappa shape index (κ1) is 23.7. The van der Waals surface area contributed by atoms with E-state index in [-0.39, 0.29) is 23.8 Å². The van der Waals surface area contributed by atoms with Gasteiger partial charge in [0.25, 0.3) is 5.91 Å². The van der Waals surface area contributed by atoms with Gasteiger partial charge in [0, 0.05) is 12.6 Å². The number of aromatic nitrogens is 1. The monoisotopic (exact) mass is 442 g/mol. The topological polar surface area (TPSA) is 119 Å². The van der Waals surface area contributed by atoms with Crippen LogP contribution in [0.4, 0.5) is 5.82 Å². The van der Waals surface area contributed by atoms with Crippen molar-refractivity contribution in [3.8, 4) is 0 Å². The lowest BCUT2D eigenvalue weighted by molar-refractivity contribution is 0.0959. The second-order valence-electron chi connectivity index (χ2n) is 7.75. The number of pyridine rings is 1. The average molecular weight is 443 g/mol. The fourth-order valence-electron chi connectivity index (χ4n) is 3.42. The Hall–Kier alpha value is -4.00. The van der Waals surface area contributed by atoms with E-state index in [1.807, 2.05) is 42.5 Å². The number of aryl methyl sites for hydroxylation is 2. The van der Waals surface area contributed by atoms with E-state index < -0.39 is 5.91 Å². The molecule has 0 atom stereocenters. The van der Waals surface area contributed by atoms with E-state index >= 15 is 0 Å². The molecule has 33 heavy (non-hydrogen) atoms. The highest BCUT2D eigenvalue weighted by Gasteiger charge is 2.18. The summed E-state index contributed by atoms with van der Waals surface area (Å²) in [4.78, 5) is 18.1. The van der Waals surface area contributed by atoms with Gasteiger partial charge in [-0.15, -0.1) is 0 Å². The fraction of sp³-hybridized carbons (Fsp3) is 0.231. The van der Waals surface area contributed by atoms with Crippen LogP contribution in [0.25, 0.3) is 0 Å². The van der Waals surface area contributed by atoms with Gasteiger partial charge in [-0.05, 0) is 41.7 Å². The standard InChI is InChI=1S/C26H30N6O/c1-2-19-10-12-21(13-11-19)18-32(23(27)15-14-20-7-4-3-5-8-20)24(28)17-31-26(33)22-9-6-16-30-25(22)29/h3-13,16,27-28H,2,14-15,17-18H2,1H3,(H2,29,30)(H,31,33). The molecule has 2 aromatic carbocycles. The molecule has 3 aromatic rings. The molecule has 1 amide bonds. The number of carbonyl (C=O) groups is 1. The summed E-state index contributed by atoms with van der Waals surface area (Å²) in [6, 6.07) is 21.4. The van der Waals surface area contributed by atoms with Gasteiger partial charge in [-0.3, -0.25) is 15.6 Å². The number of benzene rings is 2. The lowest BCUT2D eigenvalue weighted by atomic mass is 10.1. The van der Waals surface area contributed by atoms with Gasteiger partial charge in [-0.25, -0.2) is 4.98 Å². The van der Waals surface area contributed by atoms with Gasteiger partial charge in [-0.1, -0.05) is 61.5 Å². The molecular formula is C26H30N6O. The van der Waals surface area contributed by atoms with Gasteiger partial charge in [0.1, 0.15) is 17.5 Å². The van der Waals surface area contributed by atoms with Crippen LogP contribution in [0, 0.1) is 10.8 Å². The van der Waals surface area contributed by atoms with Crippen molar-refractivity contribution >= 4 is 23.4 Å². The quantitative estimate of drug-likeness (QED) is 0.295. The number of nitrogens with two attached hydrogens (primary N) is 1. The summed E-state index contributed by atoms with van der Waals surface area (Å²) in [5.41, 5.74) is 9.44. The maximum atomic E-state index is 12.5.